The predicted molar refractivity (Wildman–Crippen MR) is 86.4 cm³/mol. The van der Waals surface area contributed by atoms with Crippen molar-refractivity contribution in [1.29, 1.82) is 0 Å². The second-order valence-corrected chi connectivity index (χ2v) is 7.09. The van der Waals surface area contributed by atoms with Crippen LogP contribution in [0.4, 0.5) is 0 Å². The Balaban J connectivity index is 2.35. The first-order valence-corrected chi connectivity index (χ1v) is 8.43. The molecule has 0 aliphatic rings. The number of aliphatic hydroxyl groups excluding tert-OH is 1. The maximum Gasteiger partial charge on any atom is 0.268 e. The number of hydrogen-bond donors (Lipinski definition) is 1. The van der Waals surface area contributed by atoms with Gasteiger partial charge in [-0.2, -0.15) is 0 Å². The first-order valence-electron chi connectivity index (χ1n) is 6.99. The minimum Gasteiger partial charge on any atom is -0.392 e. The fourth-order valence-electron chi connectivity index (χ4n) is 2.69. The van der Waals surface area contributed by atoms with E-state index in [1.54, 1.807) is 49.4 Å². The molecule has 0 fully saturated rings. The fraction of sp³-hybridized carbons (Fsp3) is 0.176. The van der Waals surface area contributed by atoms with Crippen molar-refractivity contribution in [3.05, 3.63) is 65.4 Å². The van der Waals surface area contributed by atoms with Crippen LogP contribution in [-0.2, 0) is 16.6 Å². The molecular formula is C17H17NO3S. The molecule has 2 aromatic carbocycles. The second-order valence-electron chi connectivity index (χ2n) is 5.30. The molecule has 22 heavy (non-hydrogen) atoms. The van der Waals surface area contributed by atoms with E-state index >= 15 is 0 Å². The summed E-state index contributed by atoms with van der Waals surface area (Å²) in [6.07, 6.45) is 0. The van der Waals surface area contributed by atoms with Crippen LogP contribution in [0.15, 0.2) is 53.4 Å². The summed E-state index contributed by atoms with van der Waals surface area (Å²) in [4.78, 5) is 0.265. The fourth-order valence-corrected chi connectivity index (χ4v) is 4.32. The highest BCUT2D eigenvalue weighted by Crippen LogP contribution is 2.30. The van der Waals surface area contributed by atoms with E-state index < -0.39 is 10.0 Å². The number of hydrogen-bond acceptors (Lipinski definition) is 3. The molecule has 0 bridgehead atoms. The Morgan fingerprint density at radius 1 is 1.05 bits per heavy atom. The molecule has 114 valence electrons. The van der Waals surface area contributed by atoms with Crippen LogP contribution in [0.1, 0.15) is 16.8 Å². The quantitative estimate of drug-likeness (QED) is 0.808. The molecule has 0 amide bonds. The van der Waals surface area contributed by atoms with Gasteiger partial charge in [-0.05, 0) is 49.2 Å². The van der Waals surface area contributed by atoms with Crippen molar-refractivity contribution in [3.63, 3.8) is 0 Å². The van der Waals surface area contributed by atoms with E-state index in [0.717, 1.165) is 16.5 Å². The molecule has 0 atom stereocenters. The van der Waals surface area contributed by atoms with Crippen LogP contribution in [0.3, 0.4) is 0 Å². The lowest BCUT2D eigenvalue weighted by Gasteiger charge is -2.10. The molecule has 3 aromatic rings. The van der Waals surface area contributed by atoms with Gasteiger partial charge in [-0.1, -0.05) is 24.3 Å². The van der Waals surface area contributed by atoms with E-state index in [2.05, 4.69) is 0 Å². The third-order valence-electron chi connectivity index (χ3n) is 4.00. The zero-order valence-corrected chi connectivity index (χ0v) is 13.3. The van der Waals surface area contributed by atoms with E-state index in [1.807, 2.05) is 13.0 Å². The average Bonchev–Trinajstić information content (AvgIpc) is 2.79. The monoisotopic (exact) mass is 315 g/mol. The molecule has 5 heteroatoms. The molecule has 1 aromatic heterocycles. The van der Waals surface area contributed by atoms with Crippen LogP contribution in [0.25, 0.3) is 10.9 Å². The van der Waals surface area contributed by atoms with Crippen LogP contribution in [0, 0.1) is 13.8 Å². The summed E-state index contributed by atoms with van der Waals surface area (Å²) in [7, 11) is -3.64. The maximum atomic E-state index is 12.9. The molecule has 0 spiro atoms. The smallest absolute Gasteiger partial charge is 0.268 e. The van der Waals surface area contributed by atoms with E-state index in [4.69, 9.17) is 0 Å². The molecule has 0 saturated carbocycles. The van der Waals surface area contributed by atoms with E-state index in [-0.39, 0.29) is 11.5 Å². The SMILES string of the molecule is Cc1c(C)n(S(=O)(=O)c2ccccc2)c2ccc(CO)cc12. The van der Waals surface area contributed by atoms with E-state index in [1.165, 1.54) is 3.97 Å². The van der Waals surface area contributed by atoms with Gasteiger partial charge < -0.3 is 5.11 Å². The Morgan fingerprint density at radius 2 is 1.73 bits per heavy atom. The first-order chi connectivity index (χ1) is 10.5. The van der Waals surface area contributed by atoms with Crippen molar-refractivity contribution in [1.82, 2.24) is 3.97 Å². The number of aromatic nitrogens is 1. The Hall–Kier alpha value is -2.11. The average molecular weight is 315 g/mol. The maximum absolute atomic E-state index is 12.9. The van der Waals surface area contributed by atoms with Gasteiger partial charge in [0.1, 0.15) is 0 Å². The molecule has 0 aliphatic heterocycles. The van der Waals surface area contributed by atoms with Gasteiger partial charge in [-0.15, -0.1) is 0 Å². The van der Waals surface area contributed by atoms with Gasteiger partial charge in [-0.3, -0.25) is 0 Å². The third kappa shape index (κ3) is 2.14. The van der Waals surface area contributed by atoms with Gasteiger partial charge >= 0.3 is 0 Å². The minimum absolute atomic E-state index is 0.0644. The van der Waals surface area contributed by atoms with Crippen molar-refractivity contribution < 1.29 is 13.5 Å². The lowest BCUT2D eigenvalue weighted by molar-refractivity contribution is 0.282. The highest BCUT2D eigenvalue weighted by molar-refractivity contribution is 7.90. The molecule has 0 unspecified atom stereocenters. The van der Waals surface area contributed by atoms with Crippen molar-refractivity contribution in [2.75, 3.05) is 0 Å². The topological polar surface area (TPSA) is 59.3 Å². The zero-order chi connectivity index (χ0) is 15.9. The number of rotatable bonds is 3. The molecule has 1 N–H and O–H groups in total. The van der Waals surface area contributed by atoms with Gasteiger partial charge in [0.15, 0.2) is 0 Å². The van der Waals surface area contributed by atoms with Gasteiger partial charge in [0.05, 0.1) is 17.0 Å². The van der Waals surface area contributed by atoms with Crippen LogP contribution in [0.5, 0.6) is 0 Å². The van der Waals surface area contributed by atoms with Gasteiger partial charge in [0.25, 0.3) is 10.0 Å². The van der Waals surface area contributed by atoms with Crippen LogP contribution in [-0.4, -0.2) is 17.5 Å². The standard InChI is InChI=1S/C17H17NO3S/c1-12-13(2)18(17-9-8-14(11-19)10-16(12)17)22(20,21)15-6-4-3-5-7-15/h3-10,19H,11H2,1-2H3. The molecular weight excluding hydrogens is 298 g/mol. The number of aryl methyl sites for hydroxylation is 1. The van der Waals surface area contributed by atoms with Crippen molar-refractivity contribution >= 4 is 20.9 Å². The van der Waals surface area contributed by atoms with Crippen LogP contribution >= 0.6 is 0 Å². The summed E-state index contributed by atoms with van der Waals surface area (Å²) < 4.78 is 27.3. The number of aliphatic hydroxyl groups is 1. The summed E-state index contributed by atoms with van der Waals surface area (Å²) in [5.74, 6) is 0. The molecule has 1 heterocycles. The van der Waals surface area contributed by atoms with Crippen molar-refractivity contribution in [2.45, 2.75) is 25.3 Å². The van der Waals surface area contributed by atoms with Gasteiger partial charge in [0.2, 0.25) is 0 Å². The molecule has 0 saturated heterocycles. The molecule has 3 rings (SSSR count). The number of nitrogens with zero attached hydrogens (tertiary/aromatic N) is 1. The van der Waals surface area contributed by atoms with Crippen molar-refractivity contribution in [3.8, 4) is 0 Å². The summed E-state index contributed by atoms with van der Waals surface area (Å²) in [6.45, 7) is 3.63. The Labute approximate surface area is 129 Å². The summed E-state index contributed by atoms with van der Waals surface area (Å²) in [5, 5.41) is 10.1. The Morgan fingerprint density at radius 3 is 2.36 bits per heavy atom. The van der Waals surface area contributed by atoms with Gasteiger partial charge in [0, 0.05) is 11.1 Å². The summed E-state index contributed by atoms with van der Waals surface area (Å²) >= 11 is 0. The van der Waals surface area contributed by atoms with Crippen molar-refractivity contribution in [2.24, 2.45) is 0 Å². The highest BCUT2D eigenvalue weighted by Gasteiger charge is 2.23. The highest BCUT2D eigenvalue weighted by atomic mass is 32.2. The van der Waals surface area contributed by atoms with E-state index in [0.29, 0.717) is 11.2 Å². The number of fused-ring (bicyclic) bond motifs is 1. The minimum atomic E-state index is -3.64. The van der Waals surface area contributed by atoms with Crippen LogP contribution < -0.4 is 0 Å². The first kappa shape index (κ1) is 14.8. The summed E-state index contributed by atoms with van der Waals surface area (Å²) in [6, 6.07) is 13.7. The molecule has 0 radical (unpaired) electrons. The number of benzene rings is 2. The third-order valence-corrected chi connectivity index (χ3v) is 5.81. The summed E-state index contributed by atoms with van der Waals surface area (Å²) in [5.41, 5.74) is 3.00. The normalized spacial score (nSPS) is 12.0. The van der Waals surface area contributed by atoms with Crippen LogP contribution in [0.2, 0.25) is 0 Å². The largest absolute Gasteiger partial charge is 0.392 e. The predicted octanol–water partition coefficient (Wildman–Crippen LogP) is 2.99. The lowest BCUT2D eigenvalue weighted by Crippen LogP contribution is -2.14. The zero-order valence-electron chi connectivity index (χ0n) is 12.4. The van der Waals surface area contributed by atoms with E-state index in [9.17, 15) is 13.5 Å². The molecule has 0 aliphatic carbocycles. The Bertz CT molecular complexity index is 941. The molecule has 4 nitrogen and oxygen atoms in total. The Kier molecular flexibility index (Phi) is 3.54. The lowest BCUT2D eigenvalue weighted by atomic mass is 10.1. The van der Waals surface area contributed by atoms with Gasteiger partial charge in [-0.25, -0.2) is 12.4 Å². The second kappa shape index (κ2) is 5.26.